The molecule has 0 fully saturated rings. The fourth-order valence-electron chi connectivity index (χ4n) is 3.63. The number of carbonyl (C=O) groups excluding carboxylic acids is 2. The molecule has 2 N–H and O–H groups in total. The highest BCUT2D eigenvalue weighted by Gasteiger charge is 2.17. The average molecular weight is 422 g/mol. The molecule has 0 bridgehead atoms. The summed E-state index contributed by atoms with van der Waals surface area (Å²) in [5.74, 6) is 0.643. The molecule has 0 saturated heterocycles. The van der Waals surface area contributed by atoms with Crippen molar-refractivity contribution >= 4 is 34.0 Å². The summed E-state index contributed by atoms with van der Waals surface area (Å²) in [6.45, 7) is 3.99. The Morgan fingerprint density at radius 2 is 2.00 bits per heavy atom. The zero-order chi connectivity index (χ0) is 21.3. The first-order valence-corrected chi connectivity index (χ1v) is 10.6. The minimum absolute atomic E-state index is 0.0190. The first kappa shape index (κ1) is 20.1. The van der Waals surface area contributed by atoms with Gasteiger partial charge in [0.25, 0.3) is 5.91 Å². The van der Waals surface area contributed by atoms with Crippen LogP contribution in [0.15, 0.2) is 36.4 Å². The van der Waals surface area contributed by atoms with E-state index in [2.05, 4.69) is 15.6 Å². The van der Waals surface area contributed by atoms with E-state index in [4.69, 9.17) is 4.74 Å². The molecular weight excluding hydrogens is 398 g/mol. The van der Waals surface area contributed by atoms with E-state index in [1.54, 1.807) is 19.2 Å². The van der Waals surface area contributed by atoms with Crippen LogP contribution >= 0.6 is 11.3 Å². The second kappa shape index (κ2) is 8.28. The quantitative estimate of drug-likeness (QED) is 0.624. The summed E-state index contributed by atoms with van der Waals surface area (Å²) in [6, 6.07) is 11.3. The van der Waals surface area contributed by atoms with Crippen molar-refractivity contribution in [2.75, 3.05) is 17.7 Å². The SMILES string of the molecule is COc1ccc(-c2nc(NC(=O)c3ccc4c(c3)CCCC(=O)N4)sc2C)cc1C. The van der Waals surface area contributed by atoms with Gasteiger partial charge in [-0.05, 0) is 74.2 Å². The van der Waals surface area contributed by atoms with Gasteiger partial charge in [-0.15, -0.1) is 11.3 Å². The van der Waals surface area contributed by atoms with E-state index in [0.29, 0.717) is 17.1 Å². The molecule has 2 aromatic carbocycles. The van der Waals surface area contributed by atoms with Crippen LogP contribution in [0.25, 0.3) is 11.3 Å². The lowest BCUT2D eigenvalue weighted by molar-refractivity contribution is -0.116. The molecule has 1 aromatic heterocycles. The number of nitrogens with one attached hydrogen (secondary N) is 2. The van der Waals surface area contributed by atoms with Crippen LogP contribution in [-0.4, -0.2) is 23.9 Å². The summed E-state index contributed by atoms with van der Waals surface area (Å²) in [5, 5.41) is 6.36. The third-order valence-corrected chi connectivity index (χ3v) is 6.06. The highest BCUT2D eigenvalue weighted by atomic mass is 32.1. The molecule has 0 atom stereocenters. The molecule has 0 radical (unpaired) electrons. The topological polar surface area (TPSA) is 80.3 Å². The lowest BCUT2D eigenvalue weighted by Crippen LogP contribution is -2.13. The van der Waals surface area contributed by atoms with Crippen LogP contribution in [0.5, 0.6) is 5.75 Å². The number of thiazole rings is 1. The van der Waals surface area contributed by atoms with Crippen molar-refractivity contribution in [1.29, 1.82) is 0 Å². The first-order chi connectivity index (χ1) is 14.4. The van der Waals surface area contributed by atoms with Gasteiger partial charge in [-0.1, -0.05) is 0 Å². The summed E-state index contributed by atoms with van der Waals surface area (Å²) in [5.41, 5.74) is 5.20. The lowest BCUT2D eigenvalue weighted by atomic mass is 10.0. The average Bonchev–Trinajstić information content (AvgIpc) is 2.97. The molecule has 3 aromatic rings. The van der Waals surface area contributed by atoms with Crippen LogP contribution < -0.4 is 15.4 Å². The number of aromatic nitrogens is 1. The molecule has 2 amide bonds. The van der Waals surface area contributed by atoms with Crippen molar-refractivity contribution < 1.29 is 14.3 Å². The molecule has 7 heteroatoms. The standard InChI is InChI=1S/C23H23N3O3S/c1-13-11-16(8-10-19(13)29-3)21-14(2)30-23(25-21)26-22(28)17-7-9-18-15(12-17)5-4-6-20(27)24-18/h7-12H,4-6H2,1-3H3,(H,24,27)(H,25,26,28). The fraction of sp³-hybridized carbons (Fsp3) is 0.261. The van der Waals surface area contributed by atoms with Crippen molar-refractivity contribution in [3.63, 3.8) is 0 Å². The maximum atomic E-state index is 12.8. The highest BCUT2D eigenvalue weighted by Crippen LogP contribution is 2.33. The highest BCUT2D eigenvalue weighted by molar-refractivity contribution is 7.16. The largest absolute Gasteiger partial charge is 0.496 e. The summed E-state index contributed by atoms with van der Waals surface area (Å²) >= 11 is 1.45. The number of anilines is 2. The van der Waals surface area contributed by atoms with E-state index in [1.165, 1.54) is 11.3 Å². The van der Waals surface area contributed by atoms with Crippen molar-refractivity contribution in [3.8, 4) is 17.0 Å². The van der Waals surface area contributed by atoms with Gasteiger partial charge in [-0.2, -0.15) is 0 Å². The third-order valence-electron chi connectivity index (χ3n) is 5.18. The van der Waals surface area contributed by atoms with Gasteiger partial charge in [0, 0.05) is 28.1 Å². The molecule has 30 heavy (non-hydrogen) atoms. The molecule has 1 aliphatic rings. The Morgan fingerprint density at radius 1 is 1.17 bits per heavy atom. The first-order valence-electron chi connectivity index (χ1n) is 9.81. The van der Waals surface area contributed by atoms with Crippen LogP contribution in [0.4, 0.5) is 10.8 Å². The monoisotopic (exact) mass is 421 g/mol. The molecule has 0 unspecified atom stereocenters. The van der Waals surface area contributed by atoms with Crippen LogP contribution in [0, 0.1) is 13.8 Å². The molecule has 0 spiro atoms. The van der Waals surface area contributed by atoms with Crippen LogP contribution in [-0.2, 0) is 11.2 Å². The minimum Gasteiger partial charge on any atom is -0.496 e. The van der Waals surface area contributed by atoms with Crippen molar-refractivity contribution in [3.05, 3.63) is 58.0 Å². The molecule has 6 nitrogen and oxygen atoms in total. The molecule has 4 rings (SSSR count). The van der Waals surface area contributed by atoms with E-state index in [9.17, 15) is 9.59 Å². The number of hydrogen-bond donors (Lipinski definition) is 2. The van der Waals surface area contributed by atoms with E-state index >= 15 is 0 Å². The maximum Gasteiger partial charge on any atom is 0.257 e. The number of benzene rings is 2. The second-order valence-corrected chi connectivity index (χ2v) is 8.54. The molecular formula is C23H23N3O3S. The zero-order valence-corrected chi connectivity index (χ0v) is 18.0. The van der Waals surface area contributed by atoms with E-state index in [1.807, 2.05) is 38.1 Å². The van der Waals surface area contributed by atoms with Gasteiger partial charge < -0.3 is 10.1 Å². The predicted octanol–water partition coefficient (Wildman–Crippen LogP) is 4.96. The number of hydrogen-bond acceptors (Lipinski definition) is 5. The molecule has 1 aliphatic heterocycles. The normalized spacial score (nSPS) is 13.2. The predicted molar refractivity (Wildman–Crippen MR) is 120 cm³/mol. The summed E-state index contributed by atoms with van der Waals surface area (Å²) in [4.78, 5) is 30.2. The van der Waals surface area contributed by atoms with E-state index in [-0.39, 0.29) is 11.8 Å². The van der Waals surface area contributed by atoms with Gasteiger partial charge in [0.2, 0.25) is 5.91 Å². The van der Waals surface area contributed by atoms with Gasteiger partial charge in [0.05, 0.1) is 12.8 Å². The minimum atomic E-state index is -0.209. The number of amides is 2. The Bertz CT molecular complexity index is 1140. The van der Waals surface area contributed by atoms with E-state index < -0.39 is 0 Å². The number of nitrogens with zero attached hydrogens (tertiary/aromatic N) is 1. The third kappa shape index (κ3) is 4.07. The molecule has 154 valence electrons. The Morgan fingerprint density at radius 3 is 2.77 bits per heavy atom. The Kier molecular flexibility index (Phi) is 5.55. The molecule has 0 aliphatic carbocycles. The van der Waals surface area contributed by atoms with Gasteiger partial charge >= 0.3 is 0 Å². The van der Waals surface area contributed by atoms with Gasteiger partial charge in [0.1, 0.15) is 5.75 Å². The van der Waals surface area contributed by atoms with Crippen LogP contribution in [0.1, 0.15) is 39.2 Å². The smallest absolute Gasteiger partial charge is 0.257 e. The maximum absolute atomic E-state index is 12.8. The van der Waals surface area contributed by atoms with Gasteiger partial charge in [-0.3, -0.25) is 14.9 Å². The molecule has 2 heterocycles. The zero-order valence-electron chi connectivity index (χ0n) is 17.2. The lowest BCUT2D eigenvalue weighted by Gasteiger charge is -2.09. The number of methoxy groups -OCH3 is 1. The second-order valence-electron chi connectivity index (χ2n) is 7.34. The summed E-state index contributed by atoms with van der Waals surface area (Å²) in [6.07, 6.45) is 2.05. The van der Waals surface area contributed by atoms with Gasteiger partial charge in [0.15, 0.2) is 5.13 Å². The Hall–Kier alpha value is -3.19. The van der Waals surface area contributed by atoms with Crippen molar-refractivity contribution in [1.82, 2.24) is 4.98 Å². The Balaban J connectivity index is 1.55. The van der Waals surface area contributed by atoms with Crippen molar-refractivity contribution in [2.45, 2.75) is 33.1 Å². The Labute approximate surface area is 179 Å². The van der Waals surface area contributed by atoms with Crippen LogP contribution in [0.3, 0.4) is 0 Å². The number of aryl methyl sites for hydroxylation is 3. The number of fused-ring (bicyclic) bond motifs is 1. The fourth-order valence-corrected chi connectivity index (χ4v) is 4.46. The summed E-state index contributed by atoms with van der Waals surface area (Å²) < 4.78 is 5.33. The number of ether oxygens (including phenoxy) is 1. The van der Waals surface area contributed by atoms with E-state index in [0.717, 1.165) is 51.5 Å². The summed E-state index contributed by atoms with van der Waals surface area (Å²) in [7, 11) is 1.65. The number of rotatable bonds is 4. The van der Waals surface area contributed by atoms with Gasteiger partial charge in [-0.25, -0.2) is 4.98 Å². The van der Waals surface area contributed by atoms with Crippen molar-refractivity contribution in [2.24, 2.45) is 0 Å². The molecule has 0 saturated carbocycles. The number of carbonyl (C=O) groups is 2. The van der Waals surface area contributed by atoms with Crippen LogP contribution in [0.2, 0.25) is 0 Å².